The van der Waals surface area contributed by atoms with Gasteiger partial charge in [-0.2, -0.15) is 0 Å². The van der Waals surface area contributed by atoms with E-state index in [-0.39, 0.29) is 23.3 Å². The first-order chi connectivity index (χ1) is 14.4. The lowest BCUT2D eigenvalue weighted by molar-refractivity contribution is -0.119. The van der Waals surface area contributed by atoms with E-state index in [1.807, 2.05) is 19.9 Å². The highest BCUT2D eigenvalue weighted by atomic mass is 32.2. The van der Waals surface area contributed by atoms with Crippen molar-refractivity contribution in [3.05, 3.63) is 56.7 Å². The van der Waals surface area contributed by atoms with Gasteiger partial charge in [-0.05, 0) is 31.4 Å². The van der Waals surface area contributed by atoms with E-state index in [0.29, 0.717) is 10.5 Å². The summed E-state index contributed by atoms with van der Waals surface area (Å²) in [6.07, 6.45) is 0.958. The maximum absolute atomic E-state index is 12.7. The molecule has 1 saturated heterocycles. The van der Waals surface area contributed by atoms with Gasteiger partial charge in [-0.1, -0.05) is 42.1 Å². The number of aromatic nitrogens is 2. The second-order valence-electron chi connectivity index (χ2n) is 7.78. The van der Waals surface area contributed by atoms with E-state index in [1.54, 1.807) is 11.6 Å². The predicted molar refractivity (Wildman–Crippen MR) is 123 cm³/mol. The van der Waals surface area contributed by atoms with Crippen LogP contribution in [0.3, 0.4) is 0 Å². The van der Waals surface area contributed by atoms with Crippen molar-refractivity contribution in [3.8, 4) is 0 Å². The molecule has 0 radical (unpaired) electrons. The first-order valence-electron chi connectivity index (χ1n) is 10.1. The molecule has 3 aromatic rings. The van der Waals surface area contributed by atoms with Gasteiger partial charge in [-0.25, -0.2) is 4.98 Å². The average Bonchev–Trinajstić information content (AvgIpc) is 3.28. The second-order valence-corrected chi connectivity index (χ2v) is 9.93. The Bertz CT molecular complexity index is 1120. The van der Waals surface area contributed by atoms with Gasteiger partial charge in [-0.15, -0.1) is 11.3 Å². The number of nitrogens with one attached hydrogen (secondary N) is 1. The Morgan fingerprint density at radius 1 is 1.30 bits per heavy atom. The van der Waals surface area contributed by atoms with Gasteiger partial charge in [0.15, 0.2) is 5.16 Å². The summed E-state index contributed by atoms with van der Waals surface area (Å²) < 4.78 is 1.55. The number of fused-ring (bicyclic) bond motifs is 1. The van der Waals surface area contributed by atoms with E-state index in [9.17, 15) is 9.59 Å². The van der Waals surface area contributed by atoms with Crippen LogP contribution in [-0.2, 0) is 18.4 Å². The van der Waals surface area contributed by atoms with Crippen molar-refractivity contribution in [2.45, 2.75) is 38.0 Å². The van der Waals surface area contributed by atoms with E-state index in [2.05, 4.69) is 39.5 Å². The van der Waals surface area contributed by atoms with Crippen LogP contribution < -0.4 is 10.9 Å². The number of aryl methyl sites for hydroxylation is 2. The third-order valence-corrected chi connectivity index (χ3v) is 7.72. The van der Waals surface area contributed by atoms with Crippen LogP contribution in [0.25, 0.3) is 10.2 Å². The number of carbonyl (C=O) groups excluding carboxylic acids is 1. The molecule has 1 amide bonds. The summed E-state index contributed by atoms with van der Waals surface area (Å²) in [6.45, 7) is 6.72. The van der Waals surface area contributed by atoms with Crippen LogP contribution in [0.15, 0.2) is 40.3 Å². The van der Waals surface area contributed by atoms with Crippen molar-refractivity contribution >= 4 is 39.2 Å². The highest BCUT2D eigenvalue weighted by Crippen LogP contribution is 2.28. The maximum atomic E-state index is 12.7. The van der Waals surface area contributed by atoms with E-state index in [4.69, 9.17) is 0 Å². The number of rotatable bonds is 6. The Kier molecular flexibility index (Phi) is 6.26. The molecule has 1 unspecified atom stereocenters. The minimum atomic E-state index is -0.0443. The van der Waals surface area contributed by atoms with Gasteiger partial charge in [0.25, 0.3) is 5.56 Å². The molecule has 0 spiro atoms. The lowest BCUT2D eigenvalue weighted by Crippen LogP contribution is -2.38. The molecule has 0 bridgehead atoms. The van der Waals surface area contributed by atoms with Crippen molar-refractivity contribution in [2.75, 3.05) is 18.8 Å². The number of hydrogen-bond donors (Lipinski definition) is 1. The molecule has 1 aliphatic rings. The summed E-state index contributed by atoms with van der Waals surface area (Å²) in [5.74, 6) is 0.240. The average molecular weight is 443 g/mol. The van der Waals surface area contributed by atoms with Crippen LogP contribution in [0.2, 0.25) is 0 Å². The van der Waals surface area contributed by atoms with Gasteiger partial charge in [0, 0.05) is 37.6 Å². The number of benzene rings is 1. The molecule has 0 saturated carbocycles. The molecular formula is C22H26N4O2S2. The highest BCUT2D eigenvalue weighted by molar-refractivity contribution is 7.99. The molecule has 1 atom stereocenters. The number of hydrogen-bond acceptors (Lipinski definition) is 6. The fourth-order valence-corrected chi connectivity index (χ4v) is 5.67. The van der Waals surface area contributed by atoms with Crippen molar-refractivity contribution in [1.29, 1.82) is 0 Å². The number of amides is 1. The zero-order valence-electron chi connectivity index (χ0n) is 17.5. The molecule has 4 rings (SSSR count). The van der Waals surface area contributed by atoms with Gasteiger partial charge in [0.1, 0.15) is 4.83 Å². The zero-order valence-corrected chi connectivity index (χ0v) is 19.1. The molecule has 1 N–H and O–H groups in total. The standard InChI is InChI=1S/C22H26N4O2S2/c1-14-15(2)30-20-19(14)21(28)25(3)22(24-20)29-13-18(27)23-17-9-10-26(12-17)11-16-7-5-4-6-8-16/h4-8,17H,9-13H2,1-3H3,(H,23,27). The molecule has 3 heterocycles. The number of nitrogens with zero attached hydrogens (tertiary/aromatic N) is 3. The third kappa shape index (κ3) is 4.45. The van der Waals surface area contributed by atoms with E-state index in [0.717, 1.165) is 41.3 Å². The van der Waals surface area contributed by atoms with Gasteiger partial charge < -0.3 is 5.32 Å². The largest absolute Gasteiger partial charge is 0.351 e. The summed E-state index contributed by atoms with van der Waals surface area (Å²) in [6, 6.07) is 10.6. The Morgan fingerprint density at radius 3 is 2.83 bits per heavy atom. The minimum Gasteiger partial charge on any atom is -0.351 e. The molecule has 158 valence electrons. The third-order valence-electron chi connectivity index (χ3n) is 5.59. The van der Waals surface area contributed by atoms with Gasteiger partial charge in [0.05, 0.1) is 11.1 Å². The molecule has 1 aromatic carbocycles. The van der Waals surface area contributed by atoms with Crippen molar-refractivity contribution < 1.29 is 4.79 Å². The molecule has 6 nitrogen and oxygen atoms in total. The fraction of sp³-hybridized carbons (Fsp3) is 0.409. The normalized spacial score (nSPS) is 17.0. The van der Waals surface area contributed by atoms with Crippen molar-refractivity contribution in [3.63, 3.8) is 0 Å². The summed E-state index contributed by atoms with van der Waals surface area (Å²) in [5, 5.41) is 4.41. The lowest BCUT2D eigenvalue weighted by atomic mass is 10.2. The Morgan fingerprint density at radius 2 is 2.07 bits per heavy atom. The molecule has 1 aliphatic heterocycles. The molecular weight excluding hydrogens is 416 g/mol. The number of likely N-dealkylation sites (tertiary alicyclic amines) is 1. The van der Waals surface area contributed by atoms with Crippen LogP contribution >= 0.6 is 23.1 Å². The fourth-order valence-electron chi connectivity index (χ4n) is 3.82. The van der Waals surface area contributed by atoms with Gasteiger partial charge >= 0.3 is 0 Å². The molecule has 0 aliphatic carbocycles. The SMILES string of the molecule is Cc1sc2nc(SCC(=O)NC3CCN(Cc4ccccc4)C3)n(C)c(=O)c2c1C. The van der Waals surface area contributed by atoms with Crippen LogP contribution in [0, 0.1) is 13.8 Å². The summed E-state index contributed by atoms with van der Waals surface area (Å²) in [7, 11) is 1.72. The number of thiophene rings is 1. The Labute approximate surface area is 184 Å². The molecule has 30 heavy (non-hydrogen) atoms. The molecule has 8 heteroatoms. The maximum Gasteiger partial charge on any atom is 0.262 e. The van der Waals surface area contributed by atoms with Crippen LogP contribution in [0.5, 0.6) is 0 Å². The van der Waals surface area contributed by atoms with Gasteiger partial charge in [-0.3, -0.25) is 19.1 Å². The topological polar surface area (TPSA) is 67.2 Å². The lowest BCUT2D eigenvalue weighted by Gasteiger charge is -2.17. The second kappa shape index (κ2) is 8.91. The first kappa shape index (κ1) is 21.1. The minimum absolute atomic E-state index is 0.0144. The Hall–Kier alpha value is -2.16. The summed E-state index contributed by atoms with van der Waals surface area (Å²) >= 11 is 2.85. The smallest absolute Gasteiger partial charge is 0.262 e. The predicted octanol–water partition coefficient (Wildman–Crippen LogP) is 3.09. The summed E-state index contributed by atoms with van der Waals surface area (Å²) in [4.78, 5) is 34.1. The quantitative estimate of drug-likeness (QED) is 0.469. The van der Waals surface area contributed by atoms with Crippen LogP contribution in [-0.4, -0.2) is 45.2 Å². The first-order valence-corrected chi connectivity index (χ1v) is 11.9. The van der Waals surface area contributed by atoms with Crippen LogP contribution in [0.4, 0.5) is 0 Å². The van der Waals surface area contributed by atoms with E-state index >= 15 is 0 Å². The van der Waals surface area contributed by atoms with E-state index < -0.39 is 0 Å². The van der Waals surface area contributed by atoms with Crippen molar-refractivity contribution in [2.24, 2.45) is 7.05 Å². The number of carbonyl (C=O) groups is 1. The van der Waals surface area contributed by atoms with Gasteiger partial charge in [0.2, 0.25) is 5.91 Å². The molecule has 2 aromatic heterocycles. The highest BCUT2D eigenvalue weighted by Gasteiger charge is 2.24. The van der Waals surface area contributed by atoms with Crippen molar-refractivity contribution in [1.82, 2.24) is 19.8 Å². The number of thioether (sulfide) groups is 1. The van der Waals surface area contributed by atoms with Crippen LogP contribution in [0.1, 0.15) is 22.4 Å². The summed E-state index contributed by atoms with van der Waals surface area (Å²) in [5.41, 5.74) is 2.25. The van der Waals surface area contributed by atoms with E-state index in [1.165, 1.54) is 28.7 Å². The monoisotopic (exact) mass is 442 g/mol. The molecule has 1 fully saturated rings. The Balaban J connectivity index is 1.33. The zero-order chi connectivity index (χ0) is 21.3.